The topological polar surface area (TPSA) is 76.8 Å². The van der Waals surface area contributed by atoms with Crippen LogP contribution in [0.5, 0.6) is 11.6 Å². The molecule has 0 saturated heterocycles. The SMILES string of the molecule is C=C1NC2CC(C2)Oc2ncc(F)cc2CN2c3nc4c1cnn4cc3OC[C@H]2C. The van der Waals surface area contributed by atoms with Gasteiger partial charge in [-0.25, -0.2) is 18.9 Å². The van der Waals surface area contributed by atoms with E-state index in [0.717, 1.165) is 24.1 Å². The molecule has 0 radical (unpaired) electrons. The van der Waals surface area contributed by atoms with E-state index < -0.39 is 0 Å². The lowest BCUT2D eigenvalue weighted by molar-refractivity contribution is 0.0859. The van der Waals surface area contributed by atoms with Crippen LogP contribution in [0.3, 0.4) is 0 Å². The van der Waals surface area contributed by atoms with E-state index in [1.165, 1.54) is 12.3 Å². The molecule has 1 aliphatic carbocycles. The lowest BCUT2D eigenvalue weighted by Crippen LogP contribution is -2.46. The molecule has 0 aromatic carbocycles. The molecule has 6 heterocycles. The van der Waals surface area contributed by atoms with Crippen molar-refractivity contribution in [3.05, 3.63) is 48.2 Å². The number of pyridine rings is 1. The largest absolute Gasteiger partial charge is 0.486 e. The second kappa shape index (κ2) is 6.32. The van der Waals surface area contributed by atoms with Crippen LogP contribution in [0.4, 0.5) is 10.2 Å². The van der Waals surface area contributed by atoms with Gasteiger partial charge in [0.25, 0.3) is 0 Å². The Morgan fingerprint density at radius 1 is 1.30 bits per heavy atom. The predicted octanol–water partition coefficient (Wildman–Crippen LogP) is 2.53. The molecular formula is C21H21FN6O2. The molecule has 3 aromatic rings. The first kappa shape index (κ1) is 17.5. The fraction of sp³-hybridized carbons (Fsp3) is 0.381. The molecule has 4 aliphatic rings. The van der Waals surface area contributed by atoms with Crippen molar-refractivity contribution in [2.24, 2.45) is 0 Å². The molecule has 0 unspecified atom stereocenters. The Balaban J connectivity index is 1.53. The lowest BCUT2D eigenvalue weighted by Gasteiger charge is -2.38. The van der Waals surface area contributed by atoms with Crippen molar-refractivity contribution in [1.82, 2.24) is 24.9 Å². The fourth-order valence-corrected chi connectivity index (χ4v) is 4.28. The number of fused-ring (bicyclic) bond motifs is 1. The average Bonchev–Trinajstić information content (AvgIpc) is 3.11. The molecule has 0 amide bonds. The van der Waals surface area contributed by atoms with Crippen LogP contribution in [-0.4, -0.2) is 44.4 Å². The lowest BCUT2D eigenvalue weighted by atomic mass is 9.88. The zero-order valence-corrected chi connectivity index (χ0v) is 16.5. The van der Waals surface area contributed by atoms with Crippen molar-refractivity contribution in [1.29, 1.82) is 0 Å². The minimum Gasteiger partial charge on any atom is -0.486 e. The van der Waals surface area contributed by atoms with Crippen LogP contribution in [0.25, 0.3) is 11.3 Å². The van der Waals surface area contributed by atoms with Gasteiger partial charge in [0.1, 0.15) is 18.5 Å². The number of nitrogens with zero attached hydrogens (tertiary/aromatic N) is 5. The zero-order valence-electron chi connectivity index (χ0n) is 16.5. The summed E-state index contributed by atoms with van der Waals surface area (Å²) in [4.78, 5) is 11.2. The summed E-state index contributed by atoms with van der Waals surface area (Å²) in [5, 5.41) is 7.89. The second-order valence-electron chi connectivity index (χ2n) is 8.19. The van der Waals surface area contributed by atoms with Gasteiger partial charge >= 0.3 is 0 Å². The molecular weight excluding hydrogens is 387 g/mol. The summed E-state index contributed by atoms with van der Waals surface area (Å²) in [6.45, 7) is 7.16. The third-order valence-corrected chi connectivity index (χ3v) is 6.03. The number of halogens is 1. The zero-order chi connectivity index (χ0) is 20.4. The Labute approximate surface area is 172 Å². The summed E-state index contributed by atoms with van der Waals surface area (Å²) in [6, 6.07) is 1.79. The van der Waals surface area contributed by atoms with E-state index in [4.69, 9.17) is 14.5 Å². The van der Waals surface area contributed by atoms with Gasteiger partial charge in [0.15, 0.2) is 17.2 Å². The molecule has 3 aliphatic heterocycles. The summed E-state index contributed by atoms with van der Waals surface area (Å²) in [6.07, 6.45) is 6.50. The Bertz CT molecular complexity index is 1170. The van der Waals surface area contributed by atoms with Crippen LogP contribution < -0.4 is 19.7 Å². The van der Waals surface area contributed by atoms with Gasteiger partial charge in [0.05, 0.1) is 36.7 Å². The summed E-state index contributed by atoms with van der Waals surface area (Å²) in [7, 11) is 0. The van der Waals surface area contributed by atoms with Gasteiger partial charge < -0.3 is 19.7 Å². The van der Waals surface area contributed by atoms with Crippen molar-refractivity contribution in [3.8, 4) is 11.6 Å². The van der Waals surface area contributed by atoms with Crippen molar-refractivity contribution < 1.29 is 13.9 Å². The van der Waals surface area contributed by atoms with Crippen LogP contribution in [0, 0.1) is 5.82 Å². The molecule has 9 heteroatoms. The van der Waals surface area contributed by atoms with Gasteiger partial charge in [0, 0.05) is 30.1 Å². The number of hydrogen-bond donors (Lipinski definition) is 1. The highest BCUT2D eigenvalue weighted by Crippen LogP contribution is 2.37. The summed E-state index contributed by atoms with van der Waals surface area (Å²) < 4.78 is 27.8. The van der Waals surface area contributed by atoms with E-state index in [1.807, 2.05) is 6.20 Å². The Hall–Kier alpha value is -3.36. The number of hydrogen-bond acceptors (Lipinski definition) is 7. The number of aromatic nitrogens is 4. The van der Waals surface area contributed by atoms with Crippen molar-refractivity contribution in [3.63, 3.8) is 0 Å². The molecule has 3 aromatic heterocycles. The minimum atomic E-state index is -0.384. The highest BCUT2D eigenvalue weighted by Gasteiger charge is 2.34. The van der Waals surface area contributed by atoms with E-state index in [1.54, 1.807) is 10.7 Å². The van der Waals surface area contributed by atoms with Crippen molar-refractivity contribution in [2.45, 2.75) is 44.5 Å². The number of anilines is 1. The molecule has 1 saturated carbocycles. The highest BCUT2D eigenvalue weighted by molar-refractivity contribution is 5.75. The summed E-state index contributed by atoms with van der Waals surface area (Å²) >= 11 is 0. The standard InChI is InChI=1S/C21H21FN6O2/c1-11-10-29-18-9-28-19-17(7-24-28)12(2)25-15-4-16(5-15)30-21-13(3-14(22)6-23-21)8-27(11)20(18)26-19/h3,6-7,9,11,15-16,25H,2,4-5,8,10H2,1H3/t11-,15?,16?/m1/s1. The molecule has 30 heavy (non-hydrogen) atoms. The van der Waals surface area contributed by atoms with E-state index in [2.05, 4.69) is 33.8 Å². The number of rotatable bonds is 0. The van der Waals surface area contributed by atoms with Crippen LogP contribution >= 0.6 is 0 Å². The van der Waals surface area contributed by atoms with Crippen LogP contribution in [0.1, 0.15) is 30.9 Å². The van der Waals surface area contributed by atoms with Crippen molar-refractivity contribution >= 4 is 17.2 Å². The normalized spacial score (nSPS) is 24.9. The fourth-order valence-electron chi connectivity index (χ4n) is 4.28. The molecule has 154 valence electrons. The molecule has 1 fully saturated rings. The Morgan fingerprint density at radius 2 is 2.17 bits per heavy atom. The highest BCUT2D eigenvalue weighted by atomic mass is 19.1. The van der Waals surface area contributed by atoms with Gasteiger partial charge in [-0.2, -0.15) is 5.10 Å². The van der Waals surface area contributed by atoms with Gasteiger partial charge in [-0.1, -0.05) is 6.58 Å². The predicted molar refractivity (Wildman–Crippen MR) is 108 cm³/mol. The molecule has 7 rings (SSSR count). The smallest absolute Gasteiger partial charge is 0.218 e. The van der Waals surface area contributed by atoms with Gasteiger partial charge in [-0.05, 0) is 13.0 Å². The maximum atomic E-state index is 14.1. The molecule has 8 nitrogen and oxygen atoms in total. The monoisotopic (exact) mass is 408 g/mol. The van der Waals surface area contributed by atoms with Crippen molar-refractivity contribution in [2.75, 3.05) is 11.5 Å². The molecule has 1 atom stereocenters. The van der Waals surface area contributed by atoms with E-state index in [0.29, 0.717) is 41.8 Å². The Kier molecular flexibility index (Phi) is 3.68. The first-order valence-electron chi connectivity index (χ1n) is 10.1. The summed E-state index contributed by atoms with van der Waals surface area (Å²) in [5.74, 6) is 1.41. The van der Waals surface area contributed by atoms with Gasteiger partial charge in [-0.3, -0.25) is 0 Å². The number of ether oxygens (including phenoxy) is 2. The Morgan fingerprint density at radius 3 is 3.03 bits per heavy atom. The summed E-state index contributed by atoms with van der Waals surface area (Å²) in [5.41, 5.74) is 3.04. The van der Waals surface area contributed by atoms with Crippen LogP contribution in [0.15, 0.2) is 31.2 Å². The maximum Gasteiger partial charge on any atom is 0.218 e. The van der Waals surface area contributed by atoms with Gasteiger partial charge in [-0.15, -0.1) is 0 Å². The first-order valence-corrected chi connectivity index (χ1v) is 10.1. The number of nitrogens with one attached hydrogen (secondary N) is 1. The quantitative estimate of drug-likeness (QED) is 0.613. The third kappa shape index (κ3) is 2.68. The molecule has 1 N–H and O–H groups in total. The first-order chi connectivity index (χ1) is 14.5. The molecule has 4 bridgehead atoms. The molecule has 0 spiro atoms. The minimum absolute atomic E-state index is 0.0377. The second-order valence-corrected chi connectivity index (χ2v) is 8.19. The third-order valence-electron chi connectivity index (χ3n) is 6.03. The average molecular weight is 408 g/mol. The van der Waals surface area contributed by atoms with Crippen LogP contribution in [-0.2, 0) is 6.54 Å². The van der Waals surface area contributed by atoms with E-state index in [-0.39, 0.29) is 24.0 Å². The van der Waals surface area contributed by atoms with E-state index in [9.17, 15) is 4.39 Å². The maximum absolute atomic E-state index is 14.1. The van der Waals surface area contributed by atoms with Gasteiger partial charge in [0.2, 0.25) is 5.88 Å². The van der Waals surface area contributed by atoms with E-state index >= 15 is 0 Å². The van der Waals surface area contributed by atoms with Crippen LogP contribution in [0.2, 0.25) is 0 Å².